The zero-order valence-corrected chi connectivity index (χ0v) is 14.1. The number of halogens is 1. The van der Waals surface area contributed by atoms with E-state index in [0.717, 1.165) is 27.3 Å². The molecule has 1 aromatic heterocycles. The zero-order valence-electron chi connectivity index (χ0n) is 12.5. The van der Waals surface area contributed by atoms with Crippen LogP contribution in [-0.2, 0) is 4.74 Å². The van der Waals surface area contributed by atoms with Crippen molar-refractivity contribution >= 4 is 15.9 Å². The van der Waals surface area contributed by atoms with Crippen molar-refractivity contribution in [1.29, 1.82) is 0 Å². The average molecular weight is 354 g/mol. The number of nitrogens with one attached hydrogen (secondary N) is 1. The molecule has 0 bridgehead atoms. The summed E-state index contributed by atoms with van der Waals surface area (Å²) in [4.78, 5) is 0. The van der Waals surface area contributed by atoms with Crippen LogP contribution in [0.15, 0.2) is 39.2 Å². The minimum Gasteiger partial charge on any atom is -0.490 e. The molecule has 1 unspecified atom stereocenters. The predicted molar refractivity (Wildman–Crippen MR) is 85.9 cm³/mol. The highest BCUT2D eigenvalue weighted by Gasteiger charge is 2.16. The van der Waals surface area contributed by atoms with Crippen molar-refractivity contribution in [2.75, 3.05) is 27.4 Å². The van der Waals surface area contributed by atoms with Gasteiger partial charge < -0.3 is 19.2 Å². The fourth-order valence-electron chi connectivity index (χ4n) is 2.13. The molecule has 1 aromatic carbocycles. The van der Waals surface area contributed by atoms with Gasteiger partial charge in [-0.3, -0.25) is 0 Å². The van der Waals surface area contributed by atoms with E-state index < -0.39 is 0 Å². The molecule has 0 fully saturated rings. The van der Waals surface area contributed by atoms with Gasteiger partial charge in [-0.25, -0.2) is 0 Å². The van der Waals surface area contributed by atoms with Gasteiger partial charge in [-0.1, -0.05) is 6.07 Å². The predicted octanol–water partition coefficient (Wildman–Crippen LogP) is 3.68. The van der Waals surface area contributed by atoms with E-state index in [0.29, 0.717) is 13.2 Å². The van der Waals surface area contributed by atoms with E-state index in [-0.39, 0.29) is 6.04 Å². The maximum absolute atomic E-state index is 5.71. The number of ether oxygens (including phenoxy) is 2. The summed E-state index contributed by atoms with van der Waals surface area (Å²) >= 11 is 3.55. The third-order valence-electron chi connectivity index (χ3n) is 3.17. The molecule has 1 N–H and O–H groups in total. The number of hydrogen-bond donors (Lipinski definition) is 1. The summed E-state index contributed by atoms with van der Waals surface area (Å²) in [5.41, 5.74) is 1.11. The lowest BCUT2D eigenvalue weighted by Gasteiger charge is -2.16. The second kappa shape index (κ2) is 7.64. The first-order valence-electron chi connectivity index (χ1n) is 6.80. The van der Waals surface area contributed by atoms with Gasteiger partial charge in [0.1, 0.15) is 23.9 Å². The van der Waals surface area contributed by atoms with Crippen LogP contribution in [0.5, 0.6) is 5.75 Å². The topological polar surface area (TPSA) is 43.6 Å². The van der Waals surface area contributed by atoms with Crippen molar-refractivity contribution in [2.24, 2.45) is 0 Å². The highest BCUT2D eigenvalue weighted by Crippen LogP contribution is 2.31. The Kier molecular flexibility index (Phi) is 5.85. The number of rotatable bonds is 7. The van der Waals surface area contributed by atoms with E-state index in [4.69, 9.17) is 13.9 Å². The fourth-order valence-corrected chi connectivity index (χ4v) is 2.64. The summed E-state index contributed by atoms with van der Waals surface area (Å²) in [5.74, 6) is 2.61. The summed E-state index contributed by atoms with van der Waals surface area (Å²) in [6.45, 7) is 3.04. The lowest BCUT2D eigenvalue weighted by atomic mass is 10.0. The van der Waals surface area contributed by atoms with Gasteiger partial charge in [-0.2, -0.15) is 0 Å². The molecule has 1 heterocycles. The number of furan rings is 1. The highest BCUT2D eigenvalue weighted by atomic mass is 79.9. The van der Waals surface area contributed by atoms with Crippen molar-refractivity contribution in [1.82, 2.24) is 5.32 Å². The molecule has 0 saturated heterocycles. The summed E-state index contributed by atoms with van der Waals surface area (Å²) < 4.78 is 17.3. The van der Waals surface area contributed by atoms with Crippen molar-refractivity contribution in [3.05, 3.63) is 51.9 Å². The number of methoxy groups -OCH3 is 1. The Bertz CT molecular complexity index is 583. The molecule has 5 heteroatoms. The molecule has 2 rings (SSSR count). The Morgan fingerprint density at radius 3 is 2.62 bits per heavy atom. The Morgan fingerprint density at radius 2 is 2.05 bits per heavy atom. The molecule has 2 aromatic rings. The van der Waals surface area contributed by atoms with E-state index in [1.54, 1.807) is 7.11 Å². The van der Waals surface area contributed by atoms with Gasteiger partial charge in [-0.15, -0.1) is 0 Å². The lowest BCUT2D eigenvalue weighted by molar-refractivity contribution is 0.146. The Labute approximate surface area is 133 Å². The average Bonchev–Trinajstić information content (AvgIpc) is 2.88. The zero-order chi connectivity index (χ0) is 15.2. The summed E-state index contributed by atoms with van der Waals surface area (Å²) in [7, 11) is 3.57. The molecule has 0 saturated carbocycles. The van der Waals surface area contributed by atoms with Crippen LogP contribution in [0.25, 0.3) is 0 Å². The van der Waals surface area contributed by atoms with Gasteiger partial charge in [0.2, 0.25) is 0 Å². The largest absolute Gasteiger partial charge is 0.490 e. The van der Waals surface area contributed by atoms with E-state index in [1.807, 2.05) is 44.3 Å². The molecule has 4 nitrogen and oxygen atoms in total. The van der Waals surface area contributed by atoms with Crippen LogP contribution in [0.2, 0.25) is 0 Å². The Morgan fingerprint density at radius 1 is 1.24 bits per heavy atom. The van der Waals surface area contributed by atoms with E-state index in [1.165, 1.54) is 0 Å². The Hall–Kier alpha value is -1.30. The first kappa shape index (κ1) is 16.1. The van der Waals surface area contributed by atoms with Gasteiger partial charge in [0.15, 0.2) is 0 Å². The van der Waals surface area contributed by atoms with Gasteiger partial charge >= 0.3 is 0 Å². The second-order valence-corrected chi connectivity index (χ2v) is 5.56. The highest BCUT2D eigenvalue weighted by molar-refractivity contribution is 9.10. The molecule has 0 radical (unpaired) electrons. The third kappa shape index (κ3) is 4.09. The molecule has 21 heavy (non-hydrogen) atoms. The quantitative estimate of drug-likeness (QED) is 0.771. The smallest absolute Gasteiger partial charge is 0.133 e. The van der Waals surface area contributed by atoms with Crippen LogP contribution in [0, 0.1) is 6.92 Å². The second-order valence-electron chi connectivity index (χ2n) is 4.70. The molecule has 0 aliphatic carbocycles. The lowest BCUT2D eigenvalue weighted by Crippen LogP contribution is -2.17. The van der Waals surface area contributed by atoms with Gasteiger partial charge in [0, 0.05) is 7.11 Å². The van der Waals surface area contributed by atoms with E-state index in [9.17, 15) is 0 Å². The van der Waals surface area contributed by atoms with Gasteiger partial charge in [0.25, 0.3) is 0 Å². The number of aryl methyl sites for hydroxylation is 1. The van der Waals surface area contributed by atoms with Crippen molar-refractivity contribution in [3.8, 4) is 5.75 Å². The van der Waals surface area contributed by atoms with Gasteiger partial charge in [0.05, 0.1) is 17.1 Å². The summed E-state index contributed by atoms with van der Waals surface area (Å²) in [5, 5.41) is 3.27. The van der Waals surface area contributed by atoms with Crippen LogP contribution in [0.4, 0.5) is 0 Å². The van der Waals surface area contributed by atoms with Crippen LogP contribution >= 0.6 is 15.9 Å². The molecular weight excluding hydrogens is 334 g/mol. The van der Waals surface area contributed by atoms with Crippen molar-refractivity contribution in [2.45, 2.75) is 13.0 Å². The summed E-state index contributed by atoms with van der Waals surface area (Å²) in [6.07, 6.45) is 0. The molecule has 0 aliphatic heterocycles. The SMILES string of the molecule is CNC(c1ccc(OCCOC)c(Br)c1)c1ccc(C)o1. The monoisotopic (exact) mass is 353 g/mol. The minimum absolute atomic E-state index is 0.0167. The van der Waals surface area contributed by atoms with Crippen LogP contribution in [0.1, 0.15) is 23.1 Å². The molecular formula is C16H20BrNO3. The number of benzene rings is 1. The molecule has 1 atom stereocenters. The van der Waals surface area contributed by atoms with Crippen molar-refractivity contribution < 1.29 is 13.9 Å². The van der Waals surface area contributed by atoms with Gasteiger partial charge in [-0.05, 0) is 59.7 Å². The van der Waals surface area contributed by atoms with E-state index >= 15 is 0 Å². The molecule has 0 aliphatic rings. The first-order valence-corrected chi connectivity index (χ1v) is 7.59. The standard InChI is InChI=1S/C16H20BrNO3/c1-11-4-6-15(21-11)16(18-2)12-5-7-14(13(17)10-12)20-9-8-19-3/h4-7,10,16,18H,8-9H2,1-3H3. The van der Waals surface area contributed by atoms with Crippen LogP contribution < -0.4 is 10.1 Å². The maximum Gasteiger partial charge on any atom is 0.133 e. The first-order chi connectivity index (χ1) is 10.2. The molecule has 114 valence electrons. The minimum atomic E-state index is 0.0167. The third-order valence-corrected chi connectivity index (χ3v) is 3.79. The van der Waals surface area contributed by atoms with Crippen LogP contribution in [0.3, 0.4) is 0 Å². The molecule has 0 spiro atoms. The van der Waals surface area contributed by atoms with E-state index in [2.05, 4.69) is 21.2 Å². The fraction of sp³-hybridized carbons (Fsp3) is 0.375. The van der Waals surface area contributed by atoms with Crippen molar-refractivity contribution in [3.63, 3.8) is 0 Å². The van der Waals surface area contributed by atoms with Crippen LogP contribution in [-0.4, -0.2) is 27.4 Å². The number of hydrogen-bond acceptors (Lipinski definition) is 4. The summed E-state index contributed by atoms with van der Waals surface area (Å²) in [6, 6.07) is 10.0. The Balaban J connectivity index is 2.17. The molecule has 0 amide bonds. The normalized spacial score (nSPS) is 12.4. The maximum atomic E-state index is 5.71.